The third-order valence-corrected chi connectivity index (χ3v) is 3.21. The molecule has 0 aliphatic heterocycles. The predicted molar refractivity (Wildman–Crippen MR) is 48.7 cm³/mol. The van der Waals surface area contributed by atoms with Gasteiger partial charge in [0.05, 0.1) is 0 Å². The molecule has 1 amide bonds. The van der Waals surface area contributed by atoms with Crippen molar-refractivity contribution in [2.24, 2.45) is 11.8 Å². The van der Waals surface area contributed by atoms with E-state index in [2.05, 4.69) is 11.6 Å². The zero-order valence-corrected chi connectivity index (χ0v) is 8.32. The summed E-state index contributed by atoms with van der Waals surface area (Å²) in [7, 11) is -1.15. The quantitative estimate of drug-likeness (QED) is 0.712. The average Bonchev–Trinajstić information content (AvgIpc) is 2.82. The van der Waals surface area contributed by atoms with Gasteiger partial charge in [-0.25, -0.2) is 4.21 Å². The topological polar surface area (TPSA) is 46.2 Å². The number of hydrogen-bond acceptors (Lipinski definition) is 2. The van der Waals surface area contributed by atoms with E-state index < -0.39 is 11.0 Å². The first-order valence-corrected chi connectivity index (χ1v) is 5.69. The van der Waals surface area contributed by atoms with Gasteiger partial charge in [-0.1, -0.05) is 20.3 Å². The summed E-state index contributed by atoms with van der Waals surface area (Å²) in [5, 5.41) is 0. The molecule has 3 nitrogen and oxygen atoms in total. The highest BCUT2D eigenvalue weighted by molar-refractivity contribution is 7.83. The lowest BCUT2D eigenvalue weighted by Crippen LogP contribution is -2.28. The molecule has 0 aromatic carbocycles. The summed E-state index contributed by atoms with van der Waals surface area (Å²) >= 11 is 0. The van der Waals surface area contributed by atoms with Gasteiger partial charge in [-0.15, -0.1) is 0 Å². The molecule has 3 atom stereocenters. The predicted octanol–water partition coefficient (Wildman–Crippen LogP) is 0.832. The third-order valence-electron chi connectivity index (χ3n) is 2.26. The van der Waals surface area contributed by atoms with Crippen LogP contribution in [0, 0.1) is 11.8 Å². The van der Waals surface area contributed by atoms with Crippen molar-refractivity contribution in [3.63, 3.8) is 0 Å². The van der Waals surface area contributed by atoms with E-state index in [-0.39, 0.29) is 11.8 Å². The first-order chi connectivity index (χ1) is 5.69. The van der Waals surface area contributed by atoms with Crippen LogP contribution in [0.2, 0.25) is 0 Å². The van der Waals surface area contributed by atoms with Crippen LogP contribution in [0.15, 0.2) is 0 Å². The molecular formula is C8H15NO2S. The van der Waals surface area contributed by atoms with E-state index in [1.165, 1.54) is 0 Å². The fourth-order valence-electron chi connectivity index (χ4n) is 1.28. The molecule has 1 aliphatic rings. The van der Waals surface area contributed by atoms with Crippen LogP contribution in [-0.2, 0) is 15.8 Å². The Hall–Kier alpha value is -0.380. The highest BCUT2D eigenvalue weighted by Gasteiger charge is 2.41. The van der Waals surface area contributed by atoms with E-state index in [9.17, 15) is 9.00 Å². The maximum absolute atomic E-state index is 11.2. The number of amides is 1. The van der Waals surface area contributed by atoms with E-state index in [0.29, 0.717) is 11.7 Å². The van der Waals surface area contributed by atoms with Crippen LogP contribution < -0.4 is 4.72 Å². The van der Waals surface area contributed by atoms with E-state index in [1.807, 2.05) is 0 Å². The van der Waals surface area contributed by atoms with Gasteiger partial charge in [-0.3, -0.25) is 9.52 Å². The van der Waals surface area contributed by atoms with Gasteiger partial charge >= 0.3 is 0 Å². The van der Waals surface area contributed by atoms with Crippen LogP contribution in [0.4, 0.5) is 0 Å². The van der Waals surface area contributed by atoms with Gasteiger partial charge in [-0.2, -0.15) is 0 Å². The molecule has 1 saturated carbocycles. The molecule has 0 aromatic heterocycles. The van der Waals surface area contributed by atoms with Crippen LogP contribution in [0.1, 0.15) is 26.7 Å². The molecule has 3 unspecified atom stereocenters. The second-order valence-corrected chi connectivity index (χ2v) is 4.58. The molecule has 0 aromatic rings. The highest BCUT2D eigenvalue weighted by atomic mass is 32.2. The van der Waals surface area contributed by atoms with Gasteiger partial charge in [0.15, 0.2) is 0 Å². The lowest BCUT2D eigenvalue weighted by Gasteiger charge is -2.00. The van der Waals surface area contributed by atoms with Crippen molar-refractivity contribution < 1.29 is 9.00 Å². The first kappa shape index (κ1) is 9.71. The van der Waals surface area contributed by atoms with E-state index in [4.69, 9.17) is 0 Å². The minimum absolute atomic E-state index is 0.0259. The lowest BCUT2D eigenvalue weighted by molar-refractivity contribution is -0.120. The summed E-state index contributed by atoms with van der Waals surface area (Å²) in [6, 6.07) is 0. The van der Waals surface area contributed by atoms with Crippen molar-refractivity contribution in [1.82, 2.24) is 4.72 Å². The minimum Gasteiger partial charge on any atom is -0.275 e. The minimum atomic E-state index is -1.15. The fraction of sp³-hybridized carbons (Fsp3) is 0.875. The van der Waals surface area contributed by atoms with Gasteiger partial charge in [0.1, 0.15) is 11.0 Å². The summed E-state index contributed by atoms with van der Waals surface area (Å²) in [5.74, 6) is 1.15. The SMILES string of the molecule is CCC1CC1C(=O)NS(=O)CC. The number of carbonyl (C=O) groups excluding carboxylic acids is 1. The monoisotopic (exact) mass is 189 g/mol. The molecule has 0 radical (unpaired) electrons. The van der Waals surface area contributed by atoms with Gasteiger partial charge in [-0.05, 0) is 12.3 Å². The Morgan fingerprint density at radius 2 is 2.25 bits per heavy atom. The summed E-state index contributed by atoms with van der Waals surface area (Å²) < 4.78 is 13.4. The Kier molecular flexibility index (Phi) is 3.26. The Bertz CT molecular complexity index is 205. The second-order valence-electron chi connectivity index (χ2n) is 3.11. The Morgan fingerprint density at radius 1 is 1.58 bits per heavy atom. The zero-order chi connectivity index (χ0) is 9.14. The summed E-state index contributed by atoms with van der Waals surface area (Å²) in [6.07, 6.45) is 2.03. The number of carbonyl (C=O) groups is 1. The Morgan fingerprint density at radius 3 is 2.67 bits per heavy atom. The summed E-state index contributed by atoms with van der Waals surface area (Å²) in [4.78, 5) is 11.2. The lowest BCUT2D eigenvalue weighted by atomic mass is 10.2. The van der Waals surface area contributed by atoms with E-state index >= 15 is 0 Å². The molecule has 0 saturated heterocycles. The molecule has 70 valence electrons. The van der Waals surface area contributed by atoms with Crippen molar-refractivity contribution in [3.05, 3.63) is 0 Å². The molecule has 0 spiro atoms. The van der Waals surface area contributed by atoms with Crippen LogP contribution >= 0.6 is 0 Å². The van der Waals surface area contributed by atoms with Gasteiger partial charge in [0, 0.05) is 11.7 Å². The van der Waals surface area contributed by atoms with Crippen LogP contribution in [0.3, 0.4) is 0 Å². The van der Waals surface area contributed by atoms with Crippen molar-refractivity contribution in [2.75, 3.05) is 5.75 Å². The molecule has 0 heterocycles. The normalized spacial score (nSPS) is 29.5. The van der Waals surface area contributed by atoms with Crippen molar-refractivity contribution in [2.45, 2.75) is 26.7 Å². The van der Waals surface area contributed by atoms with E-state index in [1.54, 1.807) is 6.92 Å². The molecule has 1 rings (SSSR count). The maximum atomic E-state index is 11.2. The molecule has 1 fully saturated rings. The number of rotatable bonds is 4. The van der Waals surface area contributed by atoms with Crippen molar-refractivity contribution in [1.29, 1.82) is 0 Å². The molecule has 1 N–H and O–H groups in total. The van der Waals surface area contributed by atoms with E-state index in [0.717, 1.165) is 12.8 Å². The maximum Gasteiger partial charge on any atom is 0.235 e. The third kappa shape index (κ3) is 2.30. The fourth-order valence-corrected chi connectivity index (χ4v) is 1.80. The first-order valence-electron chi connectivity index (χ1n) is 4.37. The standard InChI is InChI=1S/C8H15NO2S/c1-3-6-5-7(6)8(10)9-12(11)4-2/h6-7H,3-5H2,1-2H3,(H,9,10). The van der Waals surface area contributed by atoms with Gasteiger partial charge < -0.3 is 0 Å². The molecule has 1 aliphatic carbocycles. The van der Waals surface area contributed by atoms with Crippen LogP contribution in [0.25, 0.3) is 0 Å². The summed E-state index contributed by atoms with van der Waals surface area (Å²) in [5.41, 5.74) is 0. The number of nitrogens with one attached hydrogen (secondary N) is 1. The smallest absolute Gasteiger partial charge is 0.235 e. The molecule has 12 heavy (non-hydrogen) atoms. The molecule has 4 heteroatoms. The van der Waals surface area contributed by atoms with Crippen LogP contribution in [0.5, 0.6) is 0 Å². The largest absolute Gasteiger partial charge is 0.275 e. The Balaban J connectivity index is 2.26. The van der Waals surface area contributed by atoms with Gasteiger partial charge in [0.2, 0.25) is 5.91 Å². The molecule has 0 bridgehead atoms. The zero-order valence-electron chi connectivity index (χ0n) is 7.50. The highest BCUT2D eigenvalue weighted by Crippen LogP contribution is 2.40. The number of hydrogen-bond donors (Lipinski definition) is 1. The van der Waals surface area contributed by atoms with Crippen molar-refractivity contribution in [3.8, 4) is 0 Å². The van der Waals surface area contributed by atoms with Crippen molar-refractivity contribution >= 4 is 16.9 Å². The Labute approximate surface area is 75.5 Å². The van der Waals surface area contributed by atoms with Crippen LogP contribution in [-0.4, -0.2) is 15.9 Å². The molecular weight excluding hydrogens is 174 g/mol. The average molecular weight is 189 g/mol. The summed E-state index contributed by atoms with van der Waals surface area (Å²) in [6.45, 7) is 3.87. The second kappa shape index (κ2) is 4.03. The van der Waals surface area contributed by atoms with Gasteiger partial charge in [0.25, 0.3) is 0 Å².